The highest BCUT2D eigenvalue weighted by Crippen LogP contribution is 2.35. The number of likely N-dealkylation sites (N-methyl/N-ethyl adjacent to an activating group) is 1. The van der Waals surface area contributed by atoms with Crippen LogP contribution in [0.15, 0.2) is 77.8 Å². The molecule has 0 aliphatic rings. The van der Waals surface area contributed by atoms with Gasteiger partial charge in [-0.15, -0.1) is 0 Å². The third-order valence-electron chi connectivity index (χ3n) is 6.91. The second-order valence-electron chi connectivity index (χ2n) is 9.06. The van der Waals surface area contributed by atoms with Gasteiger partial charge < -0.3 is 15.3 Å². The fourth-order valence-corrected chi connectivity index (χ4v) is 4.64. The smallest absolute Gasteiger partial charge is 0.328 e. The van der Waals surface area contributed by atoms with Gasteiger partial charge in [-0.3, -0.25) is 0 Å². The van der Waals surface area contributed by atoms with Crippen LogP contribution in [-0.2, 0) is 12.8 Å². The monoisotopic (exact) mass is 496 g/mol. The molecule has 0 bridgehead atoms. The minimum Gasteiger partial charge on any atom is -0.494 e. The topological polar surface area (TPSA) is 69.9 Å². The molecule has 3 aromatic carbocycles. The number of carbonyl (C=O) groups excluding carboxylic acids is 1. The Hall–Kier alpha value is -3.90. The van der Waals surface area contributed by atoms with Gasteiger partial charge in [0, 0.05) is 24.5 Å². The lowest BCUT2D eigenvalue weighted by Crippen LogP contribution is -2.25. The molecule has 4 rings (SSSR count). The molecular weight excluding hydrogens is 460 g/mol. The van der Waals surface area contributed by atoms with Crippen LogP contribution in [0.3, 0.4) is 0 Å². The molecule has 6 heteroatoms. The number of carbonyl (C=O) groups is 1. The van der Waals surface area contributed by atoms with Crippen LogP contribution in [-0.4, -0.2) is 53.0 Å². The first-order chi connectivity index (χ1) is 18.0. The van der Waals surface area contributed by atoms with Crippen LogP contribution < -0.4 is 5.32 Å². The molecule has 37 heavy (non-hydrogen) atoms. The van der Waals surface area contributed by atoms with Crippen molar-refractivity contribution in [2.75, 3.05) is 26.7 Å². The van der Waals surface area contributed by atoms with Gasteiger partial charge in [0.05, 0.1) is 22.5 Å². The van der Waals surface area contributed by atoms with E-state index in [4.69, 9.17) is 4.99 Å². The minimum absolute atomic E-state index is 0.124. The first kappa shape index (κ1) is 26.2. The van der Waals surface area contributed by atoms with Crippen LogP contribution in [0.5, 0.6) is 5.88 Å². The summed E-state index contributed by atoms with van der Waals surface area (Å²) in [6.45, 7) is 9.56. The van der Waals surface area contributed by atoms with Crippen molar-refractivity contribution in [3.63, 3.8) is 0 Å². The molecule has 192 valence electrons. The standard InChI is InChI=1S/C31H36N4O2/c1-5-22-15-18-26-27(21-22)35(31(37)32-4)30(36)28(26)29(24-11-9-8-10-12-24)33-25-16-13-23(14-17-25)19-20-34(6-2)7-3/h8-18,21,36H,5-7,19-20H2,1-4H3,(H,32,37). The molecule has 0 aliphatic carbocycles. The predicted molar refractivity (Wildman–Crippen MR) is 153 cm³/mol. The number of benzene rings is 3. The highest BCUT2D eigenvalue weighted by atomic mass is 16.3. The summed E-state index contributed by atoms with van der Waals surface area (Å²) in [5.41, 5.74) is 5.80. The second kappa shape index (κ2) is 11.9. The second-order valence-corrected chi connectivity index (χ2v) is 9.06. The number of rotatable bonds is 9. The Balaban J connectivity index is 1.84. The van der Waals surface area contributed by atoms with Gasteiger partial charge in [0.2, 0.25) is 5.88 Å². The summed E-state index contributed by atoms with van der Waals surface area (Å²) in [7, 11) is 1.56. The van der Waals surface area contributed by atoms with E-state index >= 15 is 0 Å². The van der Waals surface area contributed by atoms with Crippen LogP contribution in [0.2, 0.25) is 0 Å². The van der Waals surface area contributed by atoms with Crippen LogP contribution in [0.4, 0.5) is 10.5 Å². The number of aromatic nitrogens is 1. The Bertz CT molecular complexity index is 1380. The van der Waals surface area contributed by atoms with Gasteiger partial charge in [-0.2, -0.15) is 0 Å². The Labute approximate surface area is 219 Å². The molecule has 1 amide bonds. The van der Waals surface area contributed by atoms with Crippen LogP contribution >= 0.6 is 0 Å². The number of aliphatic imine (C=N–C) groups is 1. The summed E-state index contributed by atoms with van der Waals surface area (Å²) in [6, 6.07) is 23.6. The summed E-state index contributed by atoms with van der Waals surface area (Å²) in [6.07, 6.45) is 1.81. The molecule has 1 aromatic heterocycles. The first-order valence-electron chi connectivity index (χ1n) is 13.0. The molecule has 0 fully saturated rings. The molecule has 0 atom stereocenters. The SMILES string of the molecule is CCc1ccc2c(C(=Nc3ccc(CCN(CC)CC)cc3)c3ccccc3)c(O)n(C(=O)NC)c2c1. The average Bonchev–Trinajstić information content (AvgIpc) is 3.23. The summed E-state index contributed by atoms with van der Waals surface area (Å²) < 4.78 is 1.33. The lowest BCUT2D eigenvalue weighted by molar-refractivity contribution is 0.242. The van der Waals surface area contributed by atoms with Crippen molar-refractivity contribution < 1.29 is 9.90 Å². The van der Waals surface area contributed by atoms with E-state index in [1.165, 1.54) is 10.1 Å². The molecule has 0 spiro atoms. The van der Waals surface area contributed by atoms with E-state index in [9.17, 15) is 9.90 Å². The van der Waals surface area contributed by atoms with E-state index in [0.717, 1.165) is 54.7 Å². The van der Waals surface area contributed by atoms with Crippen molar-refractivity contribution in [3.05, 3.63) is 95.1 Å². The van der Waals surface area contributed by atoms with Crippen molar-refractivity contribution in [2.24, 2.45) is 4.99 Å². The lowest BCUT2D eigenvalue weighted by atomic mass is 9.99. The summed E-state index contributed by atoms with van der Waals surface area (Å²) in [5.74, 6) is -0.124. The molecule has 0 aliphatic heterocycles. The molecule has 0 unspecified atom stereocenters. The van der Waals surface area contributed by atoms with Gasteiger partial charge in [0.25, 0.3) is 0 Å². The number of hydrogen-bond acceptors (Lipinski definition) is 4. The Morgan fingerprint density at radius 1 is 0.946 bits per heavy atom. The Kier molecular flexibility index (Phi) is 8.41. The van der Waals surface area contributed by atoms with E-state index in [1.54, 1.807) is 7.05 Å². The molecule has 0 saturated heterocycles. The summed E-state index contributed by atoms with van der Waals surface area (Å²) >= 11 is 0. The fraction of sp³-hybridized carbons (Fsp3) is 0.290. The molecule has 2 N–H and O–H groups in total. The fourth-order valence-electron chi connectivity index (χ4n) is 4.64. The Morgan fingerprint density at radius 3 is 2.24 bits per heavy atom. The average molecular weight is 497 g/mol. The zero-order valence-corrected chi connectivity index (χ0v) is 22.2. The maximum absolute atomic E-state index is 12.8. The third-order valence-corrected chi connectivity index (χ3v) is 6.91. The van der Waals surface area contributed by atoms with Gasteiger partial charge in [-0.25, -0.2) is 14.4 Å². The third kappa shape index (κ3) is 5.59. The number of aromatic hydroxyl groups is 1. The largest absolute Gasteiger partial charge is 0.494 e. The van der Waals surface area contributed by atoms with Crippen molar-refractivity contribution in [1.29, 1.82) is 0 Å². The van der Waals surface area contributed by atoms with Gasteiger partial charge in [-0.05, 0) is 55.3 Å². The first-order valence-corrected chi connectivity index (χ1v) is 13.0. The maximum atomic E-state index is 12.8. The van der Waals surface area contributed by atoms with Crippen molar-refractivity contribution in [3.8, 4) is 5.88 Å². The molecule has 4 aromatic rings. The Morgan fingerprint density at radius 2 is 1.62 bits per heavy atom. The predicted octanol–water partition coefficient (Wildman–Crippen LogP) is 6.15. The molecule has 6 nitrogen and oxygen atoms in total. The van der Waals surface area contributed by atoms with Gasteiger partial charge in [0.1, 0.15) is 0 Å². The number of fused-ring (bicyclic) bond motifs is 1. The highest BCUT2D eigenvalue weighted by molar-refractivity contribution is 6.23. The van der Waals surface area contributed by atoms with E-state index in [1.807, 2.05) is 60.7 Å². The maximum Gasteiger partial charge on any atom is 0.328 e. The summed E-state index contributed by atoms with van der Waals surface area (Å²) in [5, 5.41) is 14.8. The van der Waals surface area contributed by atoms with E-state index in [2.05, 4.69) is 43.1 Å². The zero-order valence-electron chi connectivity index (χ0n) is 22.2. The van der Waals surface area contributed by atoms with Crippen LogP contribution in [0.1, 0.15) is 43.0 Å². The van der Waals surface area contributed by atoms with Crippen LogP contribution in [0.25, 0.3) is 10.9 Å². The van der Waals surface area contributed by atoms with E-state index in [0.29, 0.717) is 16.8 Å². The number of nitrogens with zero attached hydrogens (tertiary/aromatic N) is 3. The number of hydrogen-bond donors (Lipinski definition) is 2. The summed E-state index contributed by atoms with van der Waals surface area (Å²) in [4.78, 5) is 20.2. The van der Waals surface area contributed by atoms with Crippen molar-refractivity contribution in [2.45, 2.75) is 33.6 Å². The normalized spacial score (nSPS) is 11.9. The van der Waals surface area contributed by atoms with Crippen molar-refractivity contribution >= 4 is 28.3 Å². The molecular formula is C31H36N4O2. The number of aryl methyl sites for hydroxylation is 1. The molecule has 0 radical (unpaired) electrons. The minimum atomic E-state index is -0.396. The number of nitrogens with one attached hydrogen (secondary N) is 1. The van der Waals surface area contributed by atoms with Gasteiger partial charge >= 0.3 is 6.03 Å². The van der Waals surface area contributed by atoms with Gasteiger partial charge in [-0.1, -0.05) is 75.4 Å². The number of amides is 1. The highest BCUT2D eigenvalue weighted by Gasteiger charge is 2.25. The van der Waals surface area contributed by atoms with Gasteiger partial charge in [0.15, 0.2) is 0 Å². The van der Waals surface area contributed by atoms with Crippen LogP contribution in [0, 0.1) is 0 Å². The zero-order chi connectivity index (χ0) is 26.4. The quantitative estimate of drug-likeness (QED) is 0.273. The van der Waals surface area contributed by atoms with E-state index < -0.39 is 6.03 Å². The lowest BCUT2D eigenvalue weighted by Gasteiger charge is -2.17. The van der Waals surface area contributed by atoms with E-state index in [-0.39, 0.29) is 5.88 Å². The van der Waals surface area contributed by atoms with Crippen molar-refractivity contribution in [1.82, 2.24) is 14.8 Å². The molecule has 1 heterocycles. The molecule has 0 saturated carbocycles.